The van der Waals surface area contributed by atoms with E-state index in [0.29, 0.717) is 21.7 Å². The van der Waals surface area contributed by atoms with E-state index in [0.717, 1.165) is 5.52 Å². The summed E-state index contributed by atoms with van der Waals surface area (Å²) >= 11 is 5.98. The predicted octanol–water partition coefficient (Wildman–Crippen LogP) is 3.75. The molecule has 0 saturated carbocycles. The molecule has 20 heavy (non-hydrogen) atoms. The third kappa shape index (κ3) is 2.13. The maximum absolute atomic E-state index is 13.7. The van der Waals surface area contributed by atoms with E-state index in [1.165, 1.54) is 6.07 Å². The van der Waals surface area contributed by atoms with Gasteiger partial charge in [-0.25, -0.2) is 4.39 Å². The van der Waals surface area contributed by atoms with E-state index in [4.69, 9.17) is 16.9 Å². The van der Waals surface area contributed by atoms with Crippen molar-refractivity contribution in [2.24, 2.45) is 0 Å². The van der Waals surface area contributed by atoms with Gasteiger partial charge >= 0.3 is 0 Å². The Labute approximate surface area is 119 Å². The summed E-state index contributed by atoms with van der Waals surface area (Å²) in [5, 5.41) is 14.6. The van der Waals surface area contributed by atoms with E-state index in [9.17, 15) is 4.39 Å². The first kappa shape index (κ1) is 12.6. The topological polar surface area (TPSA) is 41.6 Å². The van der Waals surface area contributed by atoms with Gasteiger partial charge in [-0.1, -0.05) is 29.8 Å². The molecular weight excluding hydrogens is 277 g/mol. The number of benzene rings is 2. The standard InChI is InChI=1S/C15H9ClFN3/c16-11-5-6-12-14(8-18)19-20(15(12)7-11)9-10-3-1-2-4-13(10)17/h1-7H,9H2. The fourth-order valence-corrected chi connectivity index (χ4v) is 2.30. The van der Waals surface area contributed by atoms with Crippen LogP contribution in [-0.2, 0) is 6.54 Å². The first-order valence-electron chi connectivity index (χ1n) is 5.98. The molecule has 0 radical (unpaired) electrons. The van der Waals surface area contributed by atoms with Gasteiger partial charge in [0.2, 0.25) is 0 Å². The average molecular weight is 286 g/mol. The van der Waals surface area contributed by atoms with Crippen LogP contribution in [0.15, 0.2) is 42.5 Å². The van der Waals surface area contributed by atoms with Crippen molar-refractivity contribution in [3.8, 4) is 6.07 Å². The Kier molecular flexibility index (Phi) is 3.13. The SMILES string of the molecule is N#Cc1nn(Cc2ccccc2F)c2cc(Cl)ccc12. The largest absolute Gasteiger partial charge is 0.259 e. The lowest BCUT2D eigenvalue weighted by Gasteiger charge is -2.05. The lowest BCUT2D eigenvalue weighted by Crippen LogP contribution is -2.03. The van der Waals surface area contributed by atoms with Crippen LogP contribution in [0.5, 0.6) is 0 Å². The molecule has 0 aliphatic heterocycles. The minimum atomic E-state index is -0.295. The van der Waals surface area contributed by atoms with Crippen molar-refractivity contribution in [1.82, 2.24) is 9.78 Å². The van der Waals surface area contributed by atoms with Crippen molar-refractivity contribution in [2.75, 3.05) is 0 Å². The summed E-state index contributed by atoms with van der Waals surface area (Å²) in [6.07, 6.45) is 0. The van der Waals surface area contributed by atoms with Crippen LogP contribution < -0.4 is 0 Å². The first-order valence-corrected chi connectivity index (χ1v) is 6.36. The van der Waals surface area contributed by atoms with Crippen molar-refractivity contribution >= 4 is 22.5 Å². The van der Waals surface area contributed by atoms with E-state index >= 15 is 0 Å². The minimum Gasteiger partial charge on any atom is -0.259 e. The van der Waals surface area contributed by atoms with Crippen molar-refractivity contribution < 1.29 is 4.39 Å². The first-order chi connectivity index (χ1) is 9.69. The summed E-state index contributed by atoms with van der Waals surface area (Å²) in [6.45, 7) is 0.255. The number of nitriles is 1. The Morgan fingerprint density at radius 3 is 2.80 bits per heavy atom. The summed E-state index contributed by atoms with van der Waals surface area (Å²) in [5.41, 5.74) is 1.55. The maximum Gasteiger partial charge on any atom is 0.170 e. The van der Waals surface area contributed by atoms with E-state index in [1.54, 1.807) is 41.1 Å². The van der Waals surface area contributed by atoms with Crippen LogP contribution >= 0.6 is 11.6 Å². The summed E-state index contributed by atoms with van der Waals surface area (Å²) in [5.74, 6) is -0.295. The Bertz CT molecular complexity index is 833. The fourth-order valence-electron chi connectivity index (χ4n) is 2.14. The van der Waals surface area contributed by atoms with Gasteiger partial charge < -0.3 is 0 Å². The summed E-state index contributed by atoms with van der Waals surface area (Å²) < 4.78 is 15.3. The molecule has 5 heteroatoms. The van der Waals surface area contributed by atoms with Gasteiger partial charge in [0, 0.05) is 16.0 Å². The van der Waals surface area contributed by atoms with Gasteiger partial charge in [-0.2, -0.15) is 10.4 Å². The highest BCUT2D eigenvalue weighted by Crippen LogP contribution is 2.23. The molecule has 0 unspecified atom stereocenters. The van der Waals surface area contributed by atoms with Crippen LogP contribution in [0.3, 0.4) is 0 Å². The number of aromatic nitrogens is 2. The molecular formula is C15H9ClFN3. The predicted molar refractivity (Wildman–Crippen MR) is 75.0 cm³/mol. The maximum atomic E-state index is 13.7. The normalized spacial score (nSPS) is 10.7. The van der Waals surface area contributed by atoms with Crippen LogP contribution in [0.25, 0.3) is 10.9 Å². The Morgan fingerprint density at radius 2 is 2.05 bits per heavy atom. The van der Waals surface area contributed by atoms with Crippen LogP contribution in [-0.4, -0.2) is 9.78 Å². The number of halogens is 2. The summed E-state index contributed by atoms with van der Waals surface area (Å²) in [6, 6.07) is 13.7. The summed E-state index contributed by atoms with van der Waals surface area (Å²) in [7, 11) is 0. The molecule has 98 valence electrons. The highest BCUT2D eigenvalue weighted by Gasteiger charge is 2.12. The van der Waals surface area contributed by atoms with Gasteiger partial charge in [-0.05, 0) is 24.3 Å². The van der Waals surface area contributed by atoms with Crippen LogP contribution in [0, 0.1) is 17.1 Å². The molecule has 1 aromatic heterocycles. The van der Waals surface area contributed by atoms with Gasteiger partial charge in [0.05, 0.1) is 12.1 Å². The van der Waals surface area contributed by atoms with Crippen LogP contribution in [0.4, 0.5) is 4.39 Å². The van der Waals surface area contributed by atoms with E-state index < -0.39 is 0 Å². The van der Waals surface area contributed by atoms with Gasteiger partial charge in [-0.15, -0.1) is 0 Å². The third-order valence-electron chi connectivity index (χ3n) is 3.10. The fraction of sp³-hybridized carbons (Fsp3) is 0.0667. The number of fused-ring (bicyclic) bond motifs is 1. The van der Waals surface area contributed by atoms with Crippen molar-refractivity contribution in [3.05, 3.63) is 64.6 Å². The van der Waals surface area contributed by atoms with Gasteiger partial charge in [-0.3, -0.25) is 4.68 Å². The number of hydrogen-bond donors (Lipinski definition) is 0. The molecule has 0 atom stereocenters. The lowest BCUT2D eigenvalue weighted by atomic mass is 10.2. The zero-order valence-corrected chi connectivity index (χ0v) is 11.1. The molecule has 0 amide bonds. The smallest absolute Gasteiger partial charge is 0.170 e. The molecule has 2 aromatic carbocycles. The molecule has 3 aromatic rings. The zero-order valence-electron chi connectivity index (χ0n) is 10.3. The second-order valence-electron chi connectivity index (χ2n) is 4.37. The Hall–Kier alpha value is -2.38. The number of hydrogen-bond acceptors (Lipinski definition) is 2. The van der Waals surface area contributed by atoms with Gasteiger partial charge in [0.1, 0.15) is 11.9 Å². The molecule has 0 saturated heterocycles. The number of rotatable bonds is 2. The summed E-state index contributed by atoms with van der Waals surface area (Å²) in [4.78, 5) is 0. The van der Waals surface area contributed by atoms with Crippen molar-refractivity contribution in [2.45, 2.75) is 6.54 Å². The molecule has 0 aliphatic rings. The third-order valence-corrected chi connectivity index (χ3v) is 3.33. The average Bonchev–Trinajstić information content (AvgIpc) is 2.79. The molecule has 0 fully saturated rings. The van der Waals surface area contributed by atoms with E-state index in [-0.39, 0.29) is 12.4 Å². The number of nitrogens with zero attached hydrogens (tertiary/aromatic N) is 3. The Balaban J connectivity index is 2.15. The molecule has 0 N–H and O–H groups in total. The quantitative estimate of drug-likeness (QED) is 0.719. The highest BCUT2D eigenvalue weighted by molar-refractivity contribution is 6.31. The molecule has 3 nitrogen and oxygen atoms in total. The molecule has 1 heterocycles. The van der Waals surface area contributed by atoms with Gasteiger partial charge in [0.15, 0.2) is 5.69 Å². The van der Waals surface area contributed by atoms with E-state index in [1.807, 2.05) is 6.07 Å². The second-order valence-corrected chi connectivity index (χ2v) is 4.81. The van der Waals surface area contributed by atoms with Crippen LogP contribution in [0.1, 0.15) is 11.3 Å². The van der Waals surface area contributed by atoms with Crippen molar-refractivity contribution in [3.63, 3.8) is 0 Å². The monoisotopic (exact) mass is 285 g/mol. The van der Waals surface area contributed by atoms with Crippen LogP contribution in [0.2, 0.25) is 5.02 Å². The molecule has 0 spiro atoms. The molecule has 3 rings (SSSR count). The zero-order chi connectivity index (χ0) is 14.1. The van der Waals surface area contributed by atoms with Gasteiger partial charge in [0.25, 0.3) is 0 Å². The molecule has 0 bridgehead atoms. The minimum absolute atomic E-state index is 0.255. The van der Waals surface area contributed by atoms with Crippen molar-refractivity contribution in [1.29, 1.82) is 5.26 Å². The Morgan fingerprint density at radius 1 is 1.25 bits per heavy atom. The second kappa shape index (κ2) is 4.95. The lowest BCUT2D eigenvalue weighted by molar-refractivity contribution is 0.590. The highest BCUT2D eigenvalue weighted by atomic mass is 35.5. The molecule has 0 aliphatic carbocycles. The van der Waals surface area contributed by atoms with E-state index in [2.05, 4.69) is 5.10 Å².